The second-order valence-corrected chi connectivity index (χ2v) is 8.20. The summed E-state index contributed by atoms with van der Waals surface area (Å²) in [5.74, 6) is 0.924. The average molecular weight is 414 g/mol. The van der Waals surface area contributed by atoms with Gasteiger partial charge in [0.25, 0.3) is 11.4 Å². The summed E-state index contributed by atoms with van der Waals surface area (Å²) in [6.45, 7) is 2.30. The molecule has 142 valence electrons. The maximum Gasteiger partial charge on any atom is 0.349 e. The highest BCUT2D eigenvalue weighted by atomic mass is 32.1. The largest absolute Gasteiger partial charge is 0.451 e. The Morgan fingerprint density at radius 2 is 2.29 bits per heavy atom. The molecule has 8 nitrogen and oxygen atoms in total. The van der Waals surface area contributed by atoms with Gasteiger partial charge < -0.3 is 9.26 Å². The van der Waals surface area contributed by atoms with Crippen LogP contribution in [-0.2, 0) is 24.3 Å². The van der Waals surface area contributed by atoms with Crippen molar-refractivity contribution < 1.29 is 14.1 Å². The van der Waals surface area contributed by atoms with Crippen LogP contribution in [0.15, 0.2) is 26.1 Å². The molecule has 1 aliphatic rings. The van der Waals surface area contributed by atoms with Crippen LogP contribution in [0.25, 0.3) is 21.6 Å². The van der Waals surface area contributed by atoms with Crippen LogP contribution in [0.5, 0.6) is 0 Å². The maximum atomic E-state index is 12.7. The van der Waals surface area contributed by atoms with Crippen LogP contribution in [0.2, 0.25) is 0 Å². The van der Waals surface area contributed by atoms with Crippen LogP contribution in [0.4, 0.5) is 0 Å². The Bertz CT molecular complexity index is 1250. The van der Waals surface area contributed by atoms with E-state index < -0.39 is 5.97 Å². The number of fused-ring (bicyclic) bond motifs is 2. The van der Waals surface area contributed by atoms with Gasteiger partial charge in [-0.3, -0.25) is 9.36 Å². The highest BCUT2D eigenvalue weighted by Gasteiger charge is 2.24. The molecule has 4 aromatic heterocycles. The highest BCUT2D eigenvalue weighted by Crippen LogP contribution is 2.29. The summed E-state index contributed by atoms with van der Waals surface area (Å²) in [5.41, 5.74) is 1.38. The molecule has 1 aliphatic heterocycles. The number of hydrogen-bond acceptors (Lipinski definition) is 9. The lowest BCUT2D eigenvalue weighted by molar-refractivity contribution is 0.0435. The molecule has 5 rings (SSSR count). The molecule has 0 saturated carbocycles. The number of nitrogens with zero attached hydrogens (tertiary/aromatic N) is 4. The fraction of sp³-hybridized carbons (Fsp3) is 0.278. The summed E-state index contributed by atoms with van der Waals surface area (Å²) >= 11 is 2.72. The van der Waals surface area contributed by atoms with Gasteiger partial charge in [-0.1, -0.05) is 5.16 Å². The molecule has 5 heterocycles. The molecule has 0 atom stereocenters. The Hall–Kier alpha value is -2.85. The number of ether oxygens (including phenoxy) is 1. The lowest BCUT2D eigenvalue weighted by Crippen LogP contribution is -2.20. The van der Waals surface area contributed by atoms with Crippen LogP contribution < -0.4 is 5.56 Å². The second kappa shape index (κ2) is 6.64. The lowest BCUT2D eigenvalue weighted by atomic mass is 10.2. The number of aromatic nitrogens is 4. The number of esters is 1. The molecule has 0 N–H and O–H groups in total. The van der Waals surface area contributed by atoms with Crippen LogP contribution >= 0.6 is 22.7 Å². The number of aryl methyl sites for hydroxylation is 2. The third kappa shape index (κ3) is 2.76. The monoisotopic (exact) mass is 414 g/mol. The molecule has 0 spiro atoms. The minimum Gasteiger partial charge on any atom is -0.451 e. The smallest absolute Gasteiger partial charge is 0.349 e. The van der Waals surface area contributed by atoms with Crippen LogP contribution in [0, 0.1) is 6.92 Å². The summed E-state index contributed by atoms with van der Waals surface area (Å²) in [5, 5.41) is 8.21. The molecule has 28 heavy (non-hydrogen) atoms. The fourth-order valence-corrected chi connectivity index (χ4v) is 5.00. The van der Waals surface area contributed by atoms with Gasteiger partial charge in [-0.15, -0.1) is 11.3 Å². The number of carbonyl (C=O) groups is 1. The van der Waals surface area contributed by atoms with Crippen molar-refractivity contribution in [2.75, 3.05) is 0 Å². The molecule has 0 saturated heterocycles. The van der Waals surface area contributed by atoms with Crippen LogP contribution in [-0.4, -0.2) is 25.7 Å². The first-order valence-electron chi connectivity index (χ1n) is 8.67. The predicted octanol–water partition coefficient (Wildman–Crippen LogP) is 3.18. The SMILES string of the molecule is Cc1c(C(=O)OCc2nc(-c3ccsc3)no2)sc2nc3n(c(=O)c12)CCC3. The number of hydrogen-bond donors (Lipinski definition) is 0. The number of rotatable bonds is 4. The zero-order valence-electron chi connectivity index (χ0n) is 14.8. The van der Waals surface area contributed by atoms with Crippen molar-refractivity contribution in [3.05, 3.63) is 49.3 Å². The normalized spacial score (nSPS) is 13.2. The van der Waals surface area contributed by atoms with Crippen molar-refractivity contribution in [1.29, 1.82) is 0 Å². The van der Waals surface area contributed by atoms with Gasteiger partial charge in [-0.2, -0.15) is 16.3 Å². The Kier molecular flexibility index (Phi) is 4.09. The second-order valence-electron chi connectivity index (χ2n) is 6.42. The first-order valence-corrected chi connectivity index (χ1v) is 10.4. The van der Waals surface area contributed by atoms with E-state index in [0.29, 0.717) is 33.0 Å². The minimum atomic E-state index is -0.527. The quantitative estimate of drug-likeness (QED) is 0.473. The fourth-order valence-electron chi connectivity index (χ4n) is 3.29. The van der Waals surface area contributed by atoms with E-state index in [0.717, 1.165) is 24.2 Å². The van der Waals surface area contributed by atoms with Gasteiger partial charge in [0.1, 0.15) is 15.5 Å². The van der Waals surface area contributed by atoms with E-state index in [4.69, 9.17) is 9.26 Å². The average Bonchev–Trinajstić information content (AvgIpc) is 3.46. The van der Waals surface area contributed by atoms with Crippen molar-refractivity contribution in [3.63, 3.8) is 0 Å². The predicted molar refractivity (Wildman–Crippen MR) is 104 cm³/mol. The first kappa shape index (κ1) is 17.3. The standard InChI is InChI=1S/C18H14N4O4S2/c1-9-13-16(19-11-3-2-5-22(11)17(13)23)28-14(9)18(24)25-7-12-20-15(21-26-12)10-4-6-27-8-10/h4,6,8H,2-3,5,7H2,1H3. The van der Waals surface area contributed by atoms with Gasteiger partial charge in [0.05, 0.1) is 5.39 Å². The Labute approximate surface area is 166 Å². The number of thiophene rings is 2. The summed E-state index contributed by atoms with van der Waals surface area (Å²) in [4.78, 5) is 35.0. The molecule has 4 aromatic rings. The van der Waals surface area contributed by atoms with Gasteiger partial charge in [0.2, 0.25) is 5.82 Å². The molecule has 0 radical (unpaired) electrons. The topological polar surface area (TPSA) is 100 Å². The van der Waals surface area contributed by atoms with Gasteiger partial charge in [0, 0.05) is 23.9 Å². The summed E-state index contributed by atoms with van der Waals surface area (Å²) < 4.78 is 12.2. The van der Waals surface area contributed by atoms with E-state index in [2.05, 4.69) is 15.1 Å². The van der Waals surface area contributed by atoms with Crippen LogP contribution in [0.3, 0.4) is 0 Å². The van der Waals surface area contributed by atoms with E-state index in [1.54, 1.807) is 11.5 Å². The van der Waals surface area contributed by atoms with E-state index >= 15 is 0 Å². The third-order valence-corrected chi connectivity index (χ3v) is 6.52. The minimum absolute atomic E-state index is 0.0809. The van der Waals surface area contributed by atoms with Gasteiger partial charge in [0.15, 0.2) is 6.61 Å². The van der Waals surface area contributed by atoms with Gasteiger partial charge in [-0.25, -0.2) is 9.78 Å². The van der Waals surface area contributed by atoms with E-state index in [1.165, 1.54) is 22.7 Å². The maximum absolute atomic E-state index is 12.7. The van der Waals surface area contributed by atoms with Crippen LogP contribution in [0.1, 0.15) is 33.4 Å². The third-order valence-electron chi connectivity index (χ3n) is 4.67. The number of carbonyl (C=O) groups excluding carboxylic acids is 1. The molecule has 0 fully saturated rings. The first-order chi connectivity index (χ1) is 13.6. The summed E-state index contributed by atoms with van der Waals surface area (Å²) in [6.07, 6.45) is 1.70. The highest BCUT2D eigenvalue weighted by molar-refractivity contribution is 7.20. The Balaban J connectivity index is 1.39. The molecule has 0 aromatic carbocycles. The van der Waals surface area contributed by atoms with E-state index in [1.807, 2.05) is 16.8 Å². The molecular weight excluding hydrogens is 400 g/mol. The zero-order chi connectivity index (χ0) is 19.3. The van der Waals surface area contributed by atoms with Gasteiger partial charge >= 0.3 is 5.97 Å². The summed E-state index contributed by atoms with van der Waals surface area (Å²) in [6, 6.07) is 1.88. The van der Waals surface area contributed by atoms with Crippen molar-refractivity contribution in [3.8, 4) is 11.4 Å². The Morgan fingerprint density at radius 1 is 1.39 bits per heavy atom. The molecular formula is C18H14N4O4S2. The van der Waals surface area contributed by atoms with E-state index in [9.17, 15) is 9.59 Å². The van der Waals surface area contributed by atoms with E-state index in [-0.39, 0.29) is 18.1 Å². The van der Waals surface area contributed by atoms with Crippen molar-refractivity contribution in [2.24, 2.45) is 0 Å². The van der Waals surface area contributed by atoms with Gasteiger partial charge in [-0.05, 0) is 30.4 Å². The molecule has 0 amide bonds. The van der Waals surface area contributed by atoms with Crippen molar-refractivity contribution in [1.82, 2.24) is 19.7 Å². The summed E-state index contributed by atoms with van der Waals surface area (Å²) in [7, 11) is 0. The van der Waals surface area contributed by atoms with Crippen molar-refractivity contribution >= 4 is 38.9 Å². The molecule has 0 unspecified atom stereocenters. The molecule has 10 heteroatoms. The van der Waals surface area contributed by atoms with Crippen molar-refractivity contribution in [2.45, 2.75) is 32.9 Å². The molecule has 0 bridgehead atoms. The molecule has 0 aliphatic carbocycles. The lowest BCUT2D eigenvalue weighted by Gasteiger charge is -2.02. The zero-order valence-corrected chi connectivity index (χ0v) is 16.4. The Morgan fingerprint density at radius 3 is 3.11 bits per heavy atom.